The van der Waals surface area contributed by atoms with E-state index in [1.807, 2.05) is 6.07 Å². The van der Waals surface area contributed by atoms with Gasteiger partial charge in [0.05, 0.1) is 0 Å². The molecule has 164 valence electrons. The average molecular weight is 453 g/mol. The Balaban J connectivity index is 1.50. The van der Waals surface area contributed by atoms with Crippen molar-refractivity contribution in [3.05, 3.63) is 65.6 Å². The standard InChI is InChI=1S/C23H21FN4O3S/c24-20-11-13(2-6-21(20)32(30,31)28-17-3-4-17)16-10-19(22(25)27-12-16)14-1-5-18-15(9-14)7-8-26-23(18)29/h1-2,5-6,9-12,17,28H,3-4,7-8H2,(H2,25,27)(H,26,29). The Labute approximate surface area is 184 Å². The highest BCUT2D eigenvalue weighted by molar-refractivity contribution is 7.89. The number of carbonyl (C=O) groups excluding carboxylic acids is 1. The number of pyridine rings is 1. The summed E-state index contributed by atoms with van der Waals surface area (Å²) in [5.41, 5.74) is 10.2. The van der Waals surface area contributed by atoms with Crippen LogP contribution >= 0.6 is 0 Å². The van der Waals surface area contributed by atoms with Crippen LogP contribution in [0.2, 0.25) is 0 Å². The summed E-state index contributed by atoms with van der Waals surface area (Å²) >= 11 is 0. The molecular weight excluding hydrogens is 431 g/mol. The number of carbonyl (C=O) groups is 1. The van der Waals surface area contributed by atoms with Gasteiger partial charge in [-0.3, -0.25) is 4.79 Å². The lowest BCUT2D eigenvalue weighted by molar-refractivity contribution is 0.0946. The fraction of sp³-hybridized carbons (Fsp3) is 0.217. The maximum atomic E-state index is 14.7. The number of rotatable bonds is 5. The summed E-state index contributed by atoms with van der Waals surface area (Å²) in [5, 5.41) is 2.81. The third-order valence-electron chi connectivity index (χ3n) is 5.71. The number of nitrogens with one attached hydrogen (secondary N) is 2. The maximum absolute atomic E-state index is 14.7. The van der Waals surface area contributed by atoms with Gasteiger partial charge in [-0.25, -0.2) is 22.5 Å². The lowest BCUT2D eigenvalue weighted by Crippen LogP contribution is -2.31. The number of benzene rings is 2. The highest BCUT2D eigenvalue weighted by atomic mass is 32.2. The number of fused-ring (bicyclic) bond motifs is 1. The fourth-order valence-electron chi connectivity index (χ4n) is 3.84. The largest absolute Gasteiger partial charge is 0.383 e. The molecule has 0 spiro atoms. The Bertz CT molecular complexity index is 1350. The van der Waals surface area contributed by atoms with E-state index in [2.05, 4.69) is 15.0 Å². The Morgan fingerprint density at radius 1 is 1.03 bits per heavy atom. The molecule has 4 N–H and O–H groups in total. The van der Waals surface area contributed by atoms with Crippen molar-refractivity contribution in [3.63, 3.8) is 0 Å². The van der Waals surface area contributed by atoms with E-state index >= 15 is 0 Å². The number of aromatic nitrogens is 1. The Kier molecular flexibility index (Phi) is 4.94. The highest BCUT2D eigenvalue weighted by Gasteiger charge is 2.29. The van der Waals surface area contributed by atoms with Crippen LogP contribution in [0.4, 0.5) is 10.2 Å². The summed E-state index contributed by atoms with van der Waals surface area (Å²) in [4.78, 5) is 15.9. The molecule has 7 nitrogen and oxygen atoms in total. The summed E-state index contributed by atoms with van der Waals surface area (Å²) in [6, 6.07) is 11.2. The molecule has 9 heteroatoms. The molecule has 5 rings (SSSR count). The van der Waals surface area contributed by atoms with E-state index in [0.717, 1.165) is 30.4 Å². The normalized spacial score (nSPS) is 15.8. The van der Waals surface area contributed by atoms with Crippen molar-refractivity contribution in [2.45, 2.75) is 30.2 Å². The second kappa shape index (κ2) is 7.68. The molecule has 1 amide bonds. The van der Waals surface area contributed by atoms with Gasteiger partial charge in [-0.2, -0.15) is 0 Å². The maximum Gasteiger partial charge on any atom is 0.251 e. The predicted octanol–water partition coefficient (Wildman–Crippen LogP) is 2.86. The quantitative estimate of drug-likeness (QED) is 0.551. The van der Waals surface area contributed by atoms with Crippen LogP contribution in [-0.2, 0) is 16.4 Å². The predicted molar refractivity (Wildman–Crippen MR) is 119 cm³/mol. The van der Waals surface area contributed by atoms with Gasteiger partial charge < -0.3 is 11.1 Å². The van der Waals surface area contributed by atoms with Gasteiger partial charge in [-0.1, -0.05) is 18.2 Å². The van der Waals surface area contributed by atoms with E-state index in [1.54, 1.807) is 24.3 Å². The molecule has 1 aliphatic carbocycles. The van der Waals surface area contributed by atoms with E-state index < -0.39 is 15.8 Å². The lowest BCUT2D eigenvalue weighted by atomic mass is 9.94. The number of halogens is 1. The molecule has 1 aliphatic heterocycles. The van der Waals surface area contributed by atoms with Gasteiger partial charge in [0.1, 0.15) is 16.5 Å². The average Bonchev–Trinajstić information content (AvgIpc) is 3.57. The molecule has 0 bridgehead atoms. The SMILES string of the molecule is Nc1ncc(-c2ccc(S(=O)(=O)NC3CC3)c(F)c2)cc1-c1ccc2c(c1)CCNC2=O. The number of nitrogens with two attached hydrogens (primary N) is 1. The van der Waals surface area contributed by atoms with Crippen LogP contribution in [0.15, 0.2) is 53.6 Å². The first kappa shape index (κ1) is 20.6. The van der Waals surface area contributed by atoms with Crippen LogP contribution in [0.25, 0.3) is 22.3 Å². The molecule has 0 unspecified atom stereocenters. The molecule has 1 aromatic heterocycles. The number of hydrogen-bond acceptors (Lipinski definition) is 5. The number of sulfonamides is 1. The lowest BCUT2D eigenvalue weighted by Gasteiger charge is -2.18. The van der Waals surface area contributed by atoms with E-state index in [1.165, 1.54) is 18.3 Å². The van der Waals surface area contributed by atoms with Gasteiger partial charge >= 0.3 is 0 Å². The molecule has 3 aromatic rings. The first-order chi connectivity index (χ1) is 15.3. The van der Waals surface area contributed by atoms with Crippen LogP contribution in [-0.4, -0.2) is 31.9 Å². The van der Waals surface area contributed by atoms with Gasteiger partial charge in [-0.15, -0.1) is 0 Å². The minimum atomic E-state index is -3.89. The molecule has 0 saturated heterocycles. The Morgan fingerprint density at radius 2 is 1.81 bits per heavy atom. The van der Waals surface area contributed by atoms with E-state index in [0.29, 0.717) is 34.6 Å². The summed E-state index contributed by atoms with van der Waals surface area (Å²) in [7, 11) is -3.89. The van der Waals surface area contributed by atoms with E-state index in [-0.39, 0.29) is 16.8 Å². The van der Waals surface area contributed by atoms with Crippen molar-refractivity contribution in [2.75, 3.05) is 12.3 Å². The molecule has 1 fully saturated rings. The molecular formula is C23H21FN4O3S. The molecule has 2 aliphatic rings. The summed E-state index contributed by atoms with van der Waals surface area (Å²) in [6.07, 6.45) is 3.78. The van der Waals surface area contributed by atoms with Gasteiger partial charge in [-0.05, 0) is 60.2 Å². The number of anilines is 1. The van der Waals surface area contributed by atoms with E-state index in [4.69, 9.17) is 5.73 Å². The summed E-state index contributed by atoms with van der Waals surface area (Å²) in [6.45, 7) is 0.577. The smallest absolute Gasteiger partial charge is 0.251 e. The van der Waals surface area contributed by atoms with Crippen molar-refractivity contribution < 1.29 is 17.6 Å². The number of amides is 1. The Hall–Kier alpha value is -3.30. The first-order valence-electron chi connectivity index (χ1n) is 10.3. The molecule has 1 saturated carbocycles. The van der Waals surface area contributed by atoms with Gasteiger partial charge in [0, 0.05) is 35.5 Å². The fourth-order valence-corrected chi connectivity index (χ4v) is 5.21. The third kappa shape index (κ3) is 3.85. The first-order valence-corrected chi connectivity index (χ1v) is 11.8. The summed E-state index contributed by atoms with van der Waals surface area (Å²) in [5.74, 6) is -0.615. The molecule has 2 heterocycles. The van der Waals surface area contributed by atoms with Crippen molar-refractivity contribution >= 4 is 21.7 Å². The molecule has 2 aromatic carbocycles. The number of nitrogens with zero attached hydrogens (tertiary/aromatic N) is 1. The van der Waals surface area contributed by atoms with Crippen molar-refractivity contribution in [1.29, 1.82) is 0 Å². The minimum absolute atomic E-state index is 0.0978. The van der Waals surface area contributed by atoms with Gasteiger partial charge in [0.15, 0.2) is 0 Å². The van der Waals surface area contributed by atoms with Crippen LogP contribution in [0, 0.1) is 5.82 Å². The second-order valence-corrected chi connectivity index (χ2v) is 9.76. The zero-order valence-electron chi connectivity index (χ0n) is 17.1. The van der Waals surface area contributed by atoms with E-state index in [9.17, 15) is 17.6 Å². The van der Waals surface area contributed by atoms with Crippen molar-refractivity contribution in [1.82, 2.24) is 15.0 Å². The summed E-state index contributed by atoms with van der Waals surface area (Å²) < 4.78 is 41.9. The second-order valence-electron chi connectivity index (χ2n) is 8.08. The molecule has 32 heavy (non-hydrogen) atoms. The van der Waals surface area contributed by atoms with Crippen molar-refractivity contribution in [3.8, 4) is 22.3 Å². The monoisotopic (exact) mass is 452 g/mol. The zero-order valence-corrected chi connectivity index (χ0v) is 17.9. The highest BCUT2D eigenvalue weighted by Crippen LogP contribution is 2.33. The van der Waals surface area contributed by atoms with Crippen molar-refractivity contribution in [2.24, 2.45) is 0 Å². The number of hydrogen-bond donors (Lipinski definition) is 3. The molecule has 0 radical (unpaired) electrons. The van der Waals surface area contributed by atoms with Gasteiger partial charge in [0.2, 0.25) is 10.0 Å². The third-order valence-corrected chi connectivity index (χ3v) is 7.27. The minimum Gasteiger partial charge on any atom is -0.383 e. The molecule has 0 atom stereocenters. The topological polar surface area (TPSA) is 114 Å². The Morgan fingerprint density at radius 3 is 2.56 bits per heavy atom. The van der Waals surface area contributed by atoms with Crippen LogP contribution in [0.5, 0.6) is 0 Å². The number of nitrogen functional groups attached to an aromatic ring is 1. The van der Waals surface area contributed by atoms with Crippen LogP contribution in [0.3, 0.4) is 0 Å². The van der Waals surface area contributed by atoms with Gasteiger partial charge in [0.25, 0.3) is 5.91 Å². The van der Waals surface area contributed by atoms with Crippen LogP contribution < -0.4 is 15.8 Å². The zero-order chi connectivity index (χ0) is 22.5. The van der Waals surface area contributed by atoms with Crippen LogP contribution in [0.1, 0.15) is 28.8 Å².